The van der Waals surface area contributed by atoms with Crippen LogP contribution in [0.5, 0.6) is 0 Å². The van der Waals surface area contributed by atoms with E-state index in [1.165, 1.54) is 7.11 Å². The summed E-state index contributed by atoms with van der Waals surface area (Å²) in [5.41, 5.74) is 1.13. The molecule has 0 aromatic heterocycles. The minimum Gasteiger partial charge on any atom is -0.481 e. The summed E-state index contributed by atoms with van der Waals surface area (Å²) in [6.45, 7) is 0. The molecular formula is C15H16Cl2N2O5. The second-order valence-corrected chi connectivity index (χ2v) is 6.16. The third-order valence-electron chi connectivity index (χ3n) is 3.63. The molecule has 1 aromatic carbocycles. The number of carbonyl (C=O) groups is 3. The summed E-state index contributed by atoms with van der Waals surface area (Å²) < 4.78 is 4.74. The summed E-state index contributed by atoms with van der Waals surface area (Å²) in [6, 6.07) is 1.91. The van der Waals surface area contributed by atoms with E-state index in [1.807, 2.05) is 0 Å². The number of nitrogens with one attached hydrogen (secondary N) is 2. The van der Waals surface area contributed by atoms with Crippen LogP contribution < -0.4 is 10.6 Å². The summed E-state index contributed by atoms with van der Waals surface area (Å²) >= 11 is 12.2. The van der Waals surface area contributed by atoms with E-state index in [4.69, 9.17) is 33.0 Å². The Morgan fingerprint density at radius 1 is 1.33 bits per heavy atom. The molecule has 0 bridgehead atoms. The van der Waals surface area contributed by atoms with E-state index in [1.54, 1.807) is 12.1 Å². The molecule has 0 unspecified atom stereocenters. The van der Waals surface area contributed by atoms with E-state index in [-0.39, 0.29) is 19.3 Å². The Kier molecular flexibility index (Phi) is 5.90. The number of esters is 1. The number of anilines is 1. The number of hydrogen-bond acceptors (Lipinski definition) is 5. The number of halogens is 2. The van der Waals surface area contributed by atoms with Gasteiger partial charge in [0.05, 0.1) is 19.6 Å². The van der Waals surface area contributed by atoms with Crippen molar-refractivity contribution in [2.45, 2.75) is 31.3 Å². The number of amides is 1. The number of ether oxygens (including phenoxy) is 1. The molecule has 1 aliphatic rings. The Balaban J connectivity index is 2.27. The van der Waals surface area contributed by atoms with Gasteiger partial charge in [0, 0.05) is 34.1 Å². The first-order valence-corrected chi connectivity index (χ1v) is 7.92. The molecule has 3 N–H and O–H groups in total. The topological polar surface area (TPSA) is 105 Å². The predicted molar refractivity (Wildman–Crippen MR) is 88.3 cm³/mol. The van der Waals surface area contributed by atoms with E-state index < -0.39 is 29.9 Å². The van der Waals surface area contributed by atoms with Crippen LogP contribution in [-0.4, -0.2) is 36.1 Å². The number of fused-ring (bicyclic) bond motifs is 1. The molecule has 1 amide bonds. The fourth-order valence-electron chi connectivity index (χ4n) is 2.57. The number of methoxy groups -OCH3 is 1. The Hall–Kier alpha value is -1.99. The monoisotopic (exact) mass is 374 g/mol. The van der Waals surface area contributed by atoms with E-state index in [2.05, 4.69) is 10.6 Å². The van der Waals surface area contributed by atoms with Gasteiger partial charge < -0.3 is 20.5 Å². The molecule has 7 nitrogen and oxygen atoms in total. The average molecular weight is 375 g/mol. The van der Waals surface area contributed by atoms with Crippen LogP contribution in [0.15, 0.2) is 12.1 Å². The molecular weight excluding hydrogens is 359 g/mol. The number of carboxylic acid groups (broad SMARTS) is 1. The molecule has 2 atom stereocenters. The highest BCUT2D eigenvalue weighted by atomic mass is 35.5. The molecule has 1 heterocycles. The lowest BCUT2D eigenvalue weighted by molar-refractivity contribution is -0.142. The van der Waals surface area contributed by atoms with Crippen LogP contribution in [0.1, 0.15) is 30.9 Å². The van der Waals surface area contributed by atoms with Gasteiger partial charge in [-0.25, -0.2) is 4.79 Å². The lowest BCUT2D eigenvalue weighted by atomic mass is 9.92. The third kappa shape index (κ3) is 4.30. The van der Waals surface area contributed by atoms with Crippen molar-refractivity contribution < 1.29 is 24.2 Å². The van der Waals surface area contributed by atoms with Crippen LogP contribution in [0.25, 0.3) is 0 Å². The lowest BCUT2D eigenvalue weighted by Crippen LogP contribution is -2.41. The van der Waals surface area contributed by atoms with Crippen LogP contribution in [0.4, 0.5) is 5.69 Å². The minimum absolute atomic E-state index is 0.164. The highest BCUT2D eigenvalue weighted by molar-refractivity contribution is 6.35. The summed E-state index contributed by atoms with van der Waals surface area (Å²) in [7, 11) is 1.27. The van der Waals surface area contributed by atoms with Crippen LogP contribution in [0.3, 0.4) is 0 Å². The fourth-order valence-corrected chi connectivity index (χ4v) is 3.20. The zero-order chi connectivity index (χ0) is 17.9. The lowest BCUT2D eigenvalue weighted by Gasteiger charge is -2.33. The van der Waals surface area contributed by atoms with Crippen LogP contribution in [0, 0.1) is 0 Å². The SMILES string of the molecule is COC(=O)[C@H]1C[C@H](NC(=O)CCC(=O)O)c2c(Cl)cc(Cl)cc2N1. The van der Waals surface area contributed by atoms with Crippen LogP contribution >= 0.6 is 23.2 Å². The maximum Gasteiger partial charge on any atom is 0.328 e. The van der Waals surface area contributed by atoms with Crippen molar-refractivity contribution in [3.63, 3.8) is 0 Å². The van der Waals surface area contributed by atoms with E-state index in [9.17, 15) is 14.4 Å². The first-order chi connectivity index (χ1) is 11.3. The molecule has 9 heteroatoms. The highest BCUT2D eigenvalue weighted by Gasteiger charge is 2.34. The van der Waals surface area contributed by atoms with Gasteiger partial charge in [0.2, 0.25) is 5.91 Å². The van der Waals surface area contributed by atoms with Crippen molar-refractivity contribution in [2.75, 3.05) is 12.4 Å². The molecule has 0 spiro atoms. The second kappa shape index (κ2) is 7.72. The largest absolute Gasteiger partial charge is 0.481 e. The molecule has 1 aliphatic heterocycles. The number of rotatable bonds is 5. The minimum atomic E-state index is -1.06. The highest BCUT2D eigenvalue weighted by Crippen LogP contribution is 2.40. The Bertz CT molecular complexity index is 680. The molecule has 0 fully saturated rings. The average Bonchev–Trinajstić information content (AvgIpc) is 2.51. The van der Waals surface area contributed by atoms with Crippen LogP contribution in [0.2, 0.25) is 10.0 Å². The first-order valence-electron chi connectivity index (χ1n) is 7.16. The third-order valence-corrected chi connectivity index (χ3v) is 4.16. The molecule has 130 valence electrons. The number of carbonyl (C=O) groups excluding carboxylic acids is 2. The van der Waals surface area contributed by atoms with E-state index >= 15 is 0 Å². The zero-order valence-electron chi connectivity index (χ0n) is 12.8. The van der Waals surface area contributed by atoms with E-state index in [0.29, 0.717) is 21.3 Å². The number of hydrogen-bond donors (Lipinski definition) is 3. The van der Waals surface area contributed by atoms with Gasteiger partial charge in [-0.2, -0.15) is 0 Å². The van der Waals surface area contributed by atoms with Crippen molar-refractivity contribution in [2.24, 2.45) is 0 Å². The van der Waals surface area contributed by atoms with Crippen molar-refractivity contribution in [3.05, 3.63) is 27.7 Å². The molecule has 0 aliphatic carbocycles. The Morgan fingerprint density at radius 2 is 2.04 bits per heavy atom. The maximum absolute atomic E-state index is 12.0. The van der Waals surface area contributed by atoms with Gasteiger partial charge in [-0.05, 0) is 12.1 Å². The molecule has 0 saturated carbocycles. The molecule has 0 saturated heterocycles. The van der Waals surface area contributed by atoms with Gasteiger partial charge in [-0.3, -0.25) is 9.59 Å². The standard InChI is InChI=1S/C15H16Cl2N2O5/c1-24-15(23)11-6-10(19-12(20)2-3-13(21)22)14-8(17)4-7(16)5-9(14)18-11/h4-5,10-11,18H,2-3,6H2,1H3,(H,19,20)(H,21,22)/t10-,11+/m0/s1. The zero-order valence-corrected chi connectivity index (χ0v) is 14.3. The fraction of sp³-hybridized carbons (Fsp3) is 0.400. The summed E-state index contributed by atoms with van der Waals surface area (Å²) in [4.78, 5) is 34.4. The molecule has 2 rings (SSSR count). The molecule has 24 heavy (non-hydrogen) atoms. The number of benzene rings is 1. The quantitative estimate of drug-likeness (QED) is 0.683. The van der Waals surface area contributed by atoms with Crippen molar-refractivity contribution in [1.82, 2.24) is 5.32 Å². The summed E-state index contributed by atoms with van der Waals surface area (Å²) in [5.74, 6) is -1.99. The van der Waals surface area contributed by atoms with Gasteiger partial charge in [0.25, 0.3) is 0 Å². The Labute approximate surface area is 148 Å². The van der Waals surface area contributed by atoms with Gasteiger partial charge in [0.15, 0.2) is 0 Å². The molecule has 0 radical (unpaired) electrons. The van der Waals surface area contributed by atoms with Gasteiger partial charge in [-0.15, -0.1) is 0 Å². The van der Waals surface area contributed by atoms with E-state index in [0.717, 1.165) is 0 Å². The summed E-state index contributed by atoms with van der Waals surface area (Å²) in [5, 5.41) is 15.1. The van der Waals surface area contributed by atoms with Gasteiger partial charge >= 0.3 is 11.9 Å². The van der Waals surface area contributed by atoms with Crippen molar-refractivity contribution in [3.8, 4) is 0 Å². The smallest absolute Gasteiger partial charge is 0.328 e. The second-order valence-electron chi connectivity index (χ2n) is 5.32. The number of carboxylic acids is 1. The maximum atomic E-state index is 12.0. The molecule has 1 aromatic rings. The number of aliphatic carboxylic acids is 1. The van der Waals surface area contributed by atoms with Gasteiger partial charge in [-0.1, -0.05) is 23.2 Å². The Morgan fingerprint density at radius 3 is 2.67 bits per heavy atom. The van der Waals surface area contributed by atoms with Crippen molar-refractivity contribution >= 4 is 46.7 Å². The normalized spacial score (nSPS) is 19.0. The van der Waals surface area contributed by atoms with Gasteiger partial charge in [0.1, 0.15) is 6.04 Å². The first kappa shape index (κ1) is 18.4. The predicted octanol–water partition coefficient (Wildman–Crippen LogP) is 2.37. The van der Waals surface area contributed by atoms with Crippen LogP contribution in [-0.2, 0) is 19.1 Å². The van der Waals surface area contributed by atoms with Crippen molar-refractivity contribution in [1.29, 1.82) is 0 Å². The summed E-state index contributed by atoms with van der Waals surface area (Å²) in [6.07, 6.45) is -0.221.